The number of hydrogen-bond acceptors (Lipinski definition) is 4. The minimum Gasteiger partial charge on any atom is -0.489 e. The van der Waals surface area contributed by atoms with Crippen molar-refractivity contribution in [1.29, 1.82) is 0 Å². The third-order valence-electron chi connectivity index (χ3n) is 5.88. The van der Waals surface area contributed by atoms with Crippen LogP contribution in [0.25, 0.3) is 16.9 Å². The fourth-order valence-corrected chi connectivity index (χ4v) is 4.54. The van der Waals surface area contributed by atoms with Gasteiger partial charge in [-0.15, -0.1) is 0 Å². The summed E-state index contributed by atoms with van der Waals surface area (Å²) in [4.78, 5) is 17.7. The van der Waals surface area contributed by atoms with Gasteiger partial charge in [0.05, 0.1) is 22.4 Å². The van der Waals surface area contributed by atoms with E-state index in [1.54, 1.807) is 12.1 Å². The third kappa shape index (κ3) is 5.84. The molecule has 0 bridgehead atoms. The molecule has 0 spiro atoms. The number of nitrogens with one attached hydrogen (secondary N) is 1. The highest BCUT2D eigenvalue weighted by Gasteiger charge is 2.20. The van der Waals surface area contributed by atoms with Crippen LogP contribution in [0.2, 0.25) is 10.0 Å². The predicted octanol–water partition coefficient (Wildman–Crippen LogP) is 6.13. The predicted molar refractivity (Wildman–Crippen MR) is 144 cm³/mol. The number of pyridine rings is 1. The van der Waals surface area contributed by atoms with Crippen molar-refractivity contribution < 1.29 is 14.6 Å². The number of ether oxygens (including phenoxy) is 1. The SMILES string of the molecule is Cc1cccn2cc(-c3ccc(C[C@@H](CCO)NC(=O)c4ccc(OC(C)C)c(Cl)c4Cl)cc3)nc12. The van der Waals surface area contributed by atoms with Crippen LogP contribution < -0.4 is 10.1 Å². The lowest BCUT2D eigenvalue weighted by atomic mass is 10.0. The summed E-state index contributed by atoms with van der Waals surface area (Å²) in [5.74, 6) is 0.0779. The quantitative estimate of drug-likeness (QED) is 0.275. The largest absolute Gasteiger partial charge is 0.489 e. The molecule has 0 fully saturated rings. The van der Waals surface area contributed by atoms with E-state index in [1.165, 1.54) is 0 Å². The molecule has 2 heterocycles. The summed E-state index contributed by atoms with van der Waals surface area (Å²) in [6.45, 7) is 5.75. The molecule has 2 N–H and O–H groups in total. The molecule has 0 unspecified atom stereocenters. The molecule has 4 aromatic rings. The number of amides is 1. The van der Waals surface area contributed by atoms with Crippen molar-refractivity contribution in [2.75, 3.05) is 6.61 Å². The maximum Gasteiger partial charge on any atom is 0.253 e. The second-order valence-corrected chi connectivity index (χ2v) is 9.79. The number of fused-ring (bicyclic) bond motifs is 1. The Labute approximate surface area is 220 Å². The summed E-state index contributed by atoms with van der Waals surface area (Å²) in [5.41, 5.74) is 5.25. The van der Waals surface area contributed by atoms with Crippen LogP contribution in [0.3, 0.4) is 0 Å². The van der Waals surface area contributed by atoms with Gasteiger partial charge in [0.15, 0.2) is 0 Å². The first kappa shape index (κ1) is 26.0. The minimum absolute atomic E-state index is 0.0563. The first-order chi connectivity index (χ1) is 17.3. The smallest absolute Gasteiger partial charge is 0.253 e. The summed E-state index contributed by atoms with van der Waals surface area (Å²) < 4.78 is 7.65. The van der Waals surface area contributed by atoms with Gasteiger partial charge >= 0.3 is 0 Å². The average Bonchev–Trinajstić information content (AvgIpc) is 3.28. The number of aromatic nitrogens is 2. The second kappa shape index (κ2) is 11.3. The fourth-order valence-electron chi connectivity index (χ4n) is 4.09. The normalized spacial score (nSPS) is 12.2. The van der Waals surface area contributed by atoms with Crippen LogP contribution in [-0.4, -0.2) is 39.2 Å². The topological polar surface area (TPSA) is 75.9 Å². The first-order valence-corrected chi connectivity index (χ1v) is 12.6. The fraction of sp³-hybridized carbons (Fsp3) is 0.286. The zero-order valence-corrected chi connectivity index (χ0v) is 22.0. The Morgan fingerprint density at radius 2 is 1.86 bits per heavy atom. The summed E-state index contributed by atoms with van der Waals surface area (Å²) in [7, 11) is 0. The van der Waals surface area contributed by atoms with Gasteiger partial charge in [0.2, 0.25) is 0 Å². The maximum atomic E-state index is 13.0. The number of hydrogen-bond donors (Lipinski definition) is 2. The molecule has 188 valence electrons. The van der Waals surface area contributed by atoms with Crippen molar-refractivity contribution in [3.63, 3.8) is 0 Å². The van der Waals surface area contributed by atoms with Crippen molar-refractivity contribution in [2.45, 2.75) is 45.8 Å². The lowest BCUT2D eigenvalue weighted by molar-refractivity contribution is 0.0930. The highest BCUT2D eigenvalue weighted by atomic mass is 35.5. The Morgan fingerprint density at radius 3 is 2.53 bits per heavy atom. The van der Waals surface area contributed by atoms with Crippen LogP contribution in [0.5, 0.6) is 5.75 Å². The van der Waals surface area contributed by atoms with Gasteiger partial charge in [-0.25, -0.2) is 4.98 Å². The molecule has 6 nitrogen and oxygen atoms in total. The van der Waals surface area contributed by atoms with E-state index < -0.39 is 0 Å². The number of nitrogens with zero attached hydrogens (tertiary/aromatic N) is 2. The lowest BCUT2D eigenvalue weighted by Crippen LogP contribution is -2.37. The van der Waals surface area contributed by atoms with E-state index in [1.807, 2.05) is 74.0 Å². The molecular weight excluding hydrogens is 497 g/mol. The minimum atomic E-state index is -0.354. The number of aliphatic hydroxyl groups is 1. The van der Waals surface area contributed by atoms with E-state index in [0.29, 0.717) is 18.6 Å². The zero-order valence-electron chi connectivity index (χ0n) is 20.5. The van der Waals surface area contributed by atoms with Gasteiger partial charge in [-0.05, 0) is 62.9 Å². The van der Waals surface area contributed by atoms with Crippen LogP contribution in [0, 0.1) is 6.92 Å². The Hall–Kier alpha value is -3.06. The molecule has 2 aromatic carbocycles. The third-order valence-corrected chi connectivity index (χ3v) is 6.74. The van der Waals surface area contributed by atoms with E-state index in [4.69, 9.17) is 32.9 Å². The number of imidazole rings is 1. The summed E-state index contributed by atoms with van der Waals surface area (Å²) in [5, 5.41) is 12.9. The van der Waals surface area contributed by atoms with E-state index in [-0.39, 0.29) is 40.3 Å². The molecule has 8 heteroatoms. The Morgan fingerprint density at radius 1 is 1.11 bits per heavy atom. The number of halogens is 2. The van der Waals surface area contributed by atoms with Gasteiger partial charge in [0.1, 0.15) is 16.4 Å². The zero-order chi connectivity index (χ0) is 25.8. The van der Waals surface area contributed by atoms with Gasteiger partial charge < -0.3 is 19.6 Å². The number of benzene rings is 2. The maximum absolute atomic E-state index is 13.0. The molecule has 4 rings (SSSR count). The Bertz CT molecular complexity index is 1370. The molecule has 1 atom stereocenters. The van der Waals surface area contributed by atoms with Crippen LogP contribution >= 0.6 is 23.2 Å². The van der Waals surface area contributed by atoms with Crippen molar-refractivity contribution >= 4 is 34.8 Å². The highest BCUT2D eigenvalue weighted by Crippen LogP contribution is 2.35. The summed E-state index contributed by atoms with van der Waals surface area (Å²) in [6, 6.07) is 15.1. The molecule has 0 saturated carbocycles. The van der Waals surface area contributed by atoms with E-state index in [2.05, 4.69) is 5.32 Å². The molecule has 0 radical (unpaired) electrons. The van der Waals surface area contributed by atoms with Crippen molar-refractivity contribution in [2.24, 2.45) is 0 Å². The van der Waals surface area contributed by atoms with Crippen molar-refractivity contribution in [3.8, 4) is 17.0 Å². The highest BCUT2D eigenvalue weighted by molar-refractivity contribution is 6.44. The van der Waals surface area contributed by atoms with Gasteiger partial charge in [-0.1, -0.05) is 53.5 Å². The van der Waals surface area contributed by atoms with Crippen molar-refractivity contribution in [3.05, 3.63) is 87.7 Å². The molecule has 0 saturated heterocycles. The number of aryl methyl sites for hydroxylation is 1. The van der Waals surface area contributed by atoms with Gasteiger partial charge in [0.25, 0.3) is 5.91 Å². The lowest BCUT2D eigenvalue weighted by Gasteiger charge is -2.19. The number of rotatable bonds is 9. The van der Waals surface area contributed by atoms with E-state index in [0.717, 1.165) is 28.0 Å². The second-order valence-electron chi connectivity index (χ2n) is 9.04. The first-order valence-electron chi connectivity index (χ1n) is 11.9. The van der Waals surface area contributed by atoms with Crippen LogP contribution in [0.15, 0.2) is 60.9 Å². The van der Waals surface area contributed by atoms with Gasteiger partial charge in [-0.3, -0.25) is 4.79 Å². The molecule has 0 aliphatic carbocycles. The molecule has 1 amide bonds. The Balaban J connectivity index is 1.47. The number of carbonyl (C=O) groups excluding carboxylic acids is 1. The molecule has 0 aliphatic rings. The van der Waals surface area contributed by atoms with Crippen LogP contribution in [0.1, 0.15) is 41.8 Å². The average molecular weight is 526 g/mol. The number of aliphatic hydroxyl groups excluding tert-OH is 1. The molecule has 2 aromatic heterocycles. The summed E-state index contributed by atoms with van der Waals surface area (Å²) in [6.07, 6.45) is 4.88. The molecule has 36 heavy (non-hydrogen) atoms. The van der Waals surface area contributed by atoms with Crippen molar-refractivity contribution in [1.82, 2.24) is 14.7 Å². The van der Waals surface area contributed by atoms with E-state index >= 15 is 0 Å². The Kier molecular flexibility index (Phi) is 8.19. The standard InChI is InChI=1S/C28H29Cl2N3O3/c1-17(2)36-24-11-10-22(25(29)26(24)30)28(35)31-21(12-14-34)15-19-6-8-20(9-7-19)23-16-33-13-4-5-18(3)27(33)32-23/h4-11,13,16-17,21,34H,12,14-15H2,1-3H3,(H,31,35)/t21-/m1/s1. The van der Waals surface area contributed by atoms with Gasteiger partial charge in [-0.2, -0.15) is 0 Å². The summed E-state index contributed by atoms with van der Waals surface area (Å²) >= 11 is 12.7. The van der Waals surface area contributed by atoms with Gasteiger partial charge in [0, 0.05) is 30.6 Å². The van der Waals surface area contributed by atoms with Crippen LogP contribution in [-0.2, 0) is 6.42 Å². The monoisotopic (exact) mass is 525 g/mol. The molecule has 0 aliphatic heterocycles. The van der Waals surface area contributed by atoms with Crippen LogP contribution in [0.4, 0.5) is 0 Å². The number of carbonyl (C=O) groups is 1. The molecular formula is C28H29Cl2N3O3. The van der Waals surface area contributed by atoms with E-state index in [9.17, 15) is 9.90 Å².